The zero-order valence-electron chi connectivity index (χ0n) is 14.9. The minimum Gasteiger partial charge on any atom is -0.321 e. The third-order valence-electron chi connectivity index (χ3n) is 3.63. The first kappa shape index (κ1) is 19.7. The molecule has 1 heterocycles. The smallest absolute Gasteiger partial charge is 0.283 e. The number of nitro groups is 1. The molecule has 29 heavy (non-hydrogen) atoms. The van der Waals surface area contributed by atoms with Crippen LogP contribution in [0.5, 0.6) is 0 Å². The van der Waals surface area contributed by atoms with Gasteiger partial charge in [0.15, 0.2) is 5.16 Å². The molecule has 1 aromatic heterocycles. The zero-order valence-corrected chi connectivity index (χ0v) is 15.7. The molecule has 3 rings (SSSR count). The van der Waals surface area contributed by atoms with Gasteiger partial charge >= 0.3 is 0 Å². The van der Waals surface area contributed by atoms with E-state index in [1.807, 2.05) is 6.07 Å². The van der Waals surface area contributed by atoms with Crippen molar-refractivity contribution in [1.29, 1.82) is 5.26 Å². The Labute approximate surface area is 170 Å². The number of nitrogens with one attached hydrogen (secondary N) is 1. The summed E-state index contributed by atoms with van der Waals surface area (Å²) in [6, 6.07) is 16.6. The lowest BCUT2D eigenvalue weighted by molar-refractivity contribution is -0.387. The molecule has 3 aromatic rings. The van der Waals surface area contributed by atoms with Gasteiger partial charge in [0.2, 0.25) is 0 Å². The molecule has 0 aliphatic carbocycles. The SMILES string of the molecule is N#CC(=Cc1ccc(Sc2ncccn2)c([N+](=O)[O-])c1)C(=O)Nc1ccccc1. The maximum Gasteiger partial charge on any atom is 0.283 e. The first-order chi connectivity index (χ1) is 14.1. The van der Waals surface area contributed by atoms with Gasteiger partial charge < -0.3 is 5.32 Å². The van der Waals surface area contributed by atoms with Crippen LogP contribution < -0.4 is 5.32 Å². The number of nitrogens with zero attached hydrogens (tertiary/aromatic N) is 4. The van der Waals surface area contributed by atoms with Crippen LogP contribution in [0.15, 0.2) is 82.6 Å². The van der Waals surface area contributed by atoms with Gasteiger partial charge in [-0.1, -0.05) is 24.3 Å². The minimum absolute atomic E-state index is 0.169. The quantitative estimate of drug-likeness (QED) is 0.216. The number of aromatic nitrogens is 2. The molecule has 142 valence electrons. The number of carbonyl (C=O) groups excluding carboxylic acids is 1. The van der Waals surface area contributed by atoms with Gasteiger partial charge in [-0.05, 0) is 47.7 Å². The van der Waals surface area contributed by atoms with Crippen molar-refractivity contribution in [2.24, 2.45) is 0 Å². The molecule has 0 saturated heterocycles. The highest BCUT2D eigenvalue weighted by Crippen LogP contribution is 2.33. The van der Waals surface area contributed by atoms with E-state index in [1.54, 1.807) is 54.9 Å². The molecule has 0 saturated carbocycles. The molecule has 0 aliphatic heterocycles. The van der Waals surface area contributed by atoms with Crippen LogP contribution in [-0.4, -0.2) is 20.8 Å². The summed E-state index contributed by atoms with van der Waals surface area (Å²) in [4.78, 5) is 31.7. The lowest BCUT2D eigenvalue weighted by Gasteiger charge is -2.05. The Morgan fingerprint density at radius 1 is 1.14 bits per heavy atom. The average molecular weight is 403 g/mol. The number of rotatable bonds is 6. The number of nitro benzene ring substituents is 1. The van der Waals surface area contributed by atoms with E-state index in [-0.39, 0.29) is 11.3 Å². The van der Waals surface area contributed by atoms with E-state index >= 15 is 0 Å². The van der Waals surface area contributed by atoms with Crippen molar-refractivity contribution in [2.75, 3.05) is 5.32 Å². The molecule has 2 aromatic carbocycles. The highest BCUT2D eigenvalue weighted by molar-refractivity contribution is 7.99. The first-order valence-electron chi connectivity index (χ1n) is 8.28. The van der Waals surface area contributed by atoms with Crippen LogP contribution in [0.1, 0.15) is 5.56 Å². The molecule has 1 N–H and O–H groups in total. The van der Waals surface area contributed by atoms with E-state index < -0.39 is 10.8 Å². The molecule has 0 spiro atoms. The van der Waals surface area contributed by atoms with Gasteiger partial charge in [-0.3, -0.25) is 14.9 Å². The fourth-order valence-corrected chi connectivity index (χ4v) is 3.12. The second-order valence-electron chi connectivity index (χ2n) is 5.61. The van der Waals surface area contributed by atoms with Crippen LogP contribution in [0.25, 0.3) is 6.08 Å². The molecular weight excluding hydrogens is 390 g/mol. The second-order valence-corrected chi connectivity index (χ2v) is 6.62. The summed E-state index contributed by atoms with van der Waals surface area (Å²) in [5.74, 6) is -0.600. The predicted octanol–water partition coefficient (Wildman–Crippen LogP) is 4.08. The summed E-state index contributed by atoms with van der Waals surface area (Å²) >= 11 is 1.06. The second kappa shape index (κ2) is 9.25. The maximum absolute atomic E-state index is 12.3. The summed E-state index contributed by atoms with van der Waals surface area (Å²) in [5.41, 5.74) is 0.556. The van der Waals surface area contributed by atoms with Crippen LogP contribution >= 0.6 is 11.8 Å². The molecule has 0 bridgehead atoms. The van der Waals surface area contributed by atoms with E-state index in [4.69, 9.17) is 0 Å². The molecule has 0 unspecified atom stereocenters. The Morgan fingerprint density at radius 2 is 1.86 bits per heavy atom. The lowest BCUT2D eigenvalue weighted by Crippen LogP contribution is -2.13. The van der Waals surface area contributed by atoms with Gasteiger partial charge in [0, 0.05) is 24.1 Å². The number of hydrogen-bond donors (Lipinski definition) is 1. The van der Waals surface area contributed by atoms with E-state index in [9.17, 15) is 20.2 Å². The largest absolute Gasteiger partial charge is 0.321 e. The predicted molar refractivity (Wildman–Crippen MR) is 108 cm³/mol. The van der Waals surface area contributed by atoms with Gasteiger partial charge in [-0.2, -0.15) is 5.26 Å². The monoisotopic (exact) mass is 403 g/mol. The maximum atomic E-state index is 12.3. The van der Waals surface area contributed by atoms with Crippen molar-refractivity contribution in [3.05, 3.63) is 88.2 Å². The van der Waals surface area contributed by atoms with Crippen molar-refractivity contribution in [1.82, 2.24) is 9.97 Å². The molecule has 9 heteroatoms. The fraction of sp³-hybridized carbons (Fsp3) is 0. The summed E-state index contributed by atoms with van der Waals surface area (Å²) in [6.07, 6.45) is 4.39. The van der Waals surface area contributed by atoms with Gasteiger partial charge in [0.1, 0.15) is 11.6 Å². The Balaban J connectivity index is 1.87. The van der Waals surface area contributed by atoms with E-state index in [0.717, 1.165) is 11.8 Å². The molecule has 0 aliphatic rings. The molecule has 1 amide bonds. The lowest BCUT2D eigenvalue weighted by atomic mass is 10.1. The van der Waals surface area contributed by atoms with Crippen LogP contribution in [0, 0.1) is 21.4 Å². The van der Waals surface area contributed by atoms with Crippen molar-refractivity contribution in [3.63, 3.8) is 0 Å². The van der Waals surface area contributed by atoms with Crippen molar-refractivity contribution in [3.8, 4) is 6.07 Å². The number of amides is 1. The topological polar surface area (TPSA) is 122 Å². The van der Waals surface area contributed by atoms with Crippen LogP contribution in [0.2, 0.25) is 0 Å². The normalized spacial score (nSPS) is 10.8. The highest BCUT2D eigenvalue weighted by atomic mass is 32.2. The summed E-state index contributed by atoms with van der Waals surface area (Å²) in [5, 5.41) is 23.8. The number of nitriles is 1. The Bertz CT molecular complexity index is 1110. The fourth-order valence-electron chi connectivity index (χ4n) is 2.32. The molecular formula is C20H13N5O3S. The van der Waals surface area contributed by atoms with Crippen LogP contribution in [0.4, 0.5) is 11.4 Å². The van der Waals surface area contributed by atoms with Gasteiger partial charge in [-0.25, -0.2) is 9.97 Å². The van der Waals surface area contributed by atoms with Crippen LogP contribution in [0.3, 0.4) is 0 Å². The van der Waals surface area contributed by atoms with E-state index in [1.165, 1.54) is 18.2 Å². The number of carbonyl (C=O) groups is 1. The van der Waals surface area contributed by atoms with Crippen molar-refractivity contribution in [2.45, 2.75) is 10.1 Å². The van der Waals surface area contributed by atoms with E-state index in [0.29, 0.717) is 21.3 Å². The number of anilines is 1. The highest BCUT2D eigenvalue weighted by Gasteiger charge is 2.17. The summed E-state index contributed by atoms with van der Waals surface area (Å²) in [6.45, 7) is 0. The molecule has 8 nitrogen and oxygen atoms in total. The summed E-state index contributed by atoms with van der Waals surface area (Å²) in [7, 11) is 0. The van der Waals surface area contributed by atoms with Gasteiger partial charge in [0.25, 0.3) is 11.6 Å². The standard InChI is InChI=1S/C20H13N5O3S/c21-13-15(19(26)24-16-5-2-1-3-6-16)11-14-7-8-18(17(12-14)25(27)28)29-20-22-9-4-10-23-20/h1-12H,(H,24,26). The van der Waals surface area contributed by atoms with Crippen LogP contribution in [-0.2, 0) is 4.79 Å². The first-order valence-corrected chi connectivity index (χ1v) is 9.10. The number of hydrogen-bond acceptors (Lipinski definition) is 7. The van der Waals surface area contributed by atoms with Gasteiger partial charge in [0.05, 0.1) is 9.82 Å². The number of benzene rings is 2. The minimum atomic E-state index is -0.600. The third kappa shape index (κ3) is 5.24. The molecule has 0 atom stereocenters. The molecule has 0 radical (unpaired) electrons. The van der Waals surface area contributed by atoms with Crippen molar-refractivity contribution < 1.29 is 9.72 Å². The van der Waals surface area contributed by atoms with Crippen molar-refractivity contribution >= 4 is 35.1 Å². The molecule has 0 fully saturated rings. The average Bonchev–Trinajstić information content (AvgIpc) is 2.74. The Kier molecular flexibility index (Phi) is 6.29. The third-order valence-corrected chi connectivity index (χ3v) is 4.59. The van der Waals surface area contributed by atoms with E-state index in [2.05, 4.69) is 15.3 Å². The summed E-state index contributed by atoms with van der Waals surface area (Å²) < 4.78 is 0. The van der Waals surface area contributed by atoms with Gasteiger partial charge in [-0.15, -0.1) is 0 Å². The zero-order chi connectivity index (χ0) is 20.6. The number of para-hydroxylation sites is 1. The Morgan fingerprint density at radius 3 is 2.52 bits per heavy atom. The Hall–Kier alpha value is -4.03.